The number of hydrogen-bond acceptors (Lipinski definition) is 4. The number of halogens is 3. The van der Waals surface area contributed by atoms with Crippen LogP contribution >= 0.6 is 0 Å². The first kappa shape index (κ1) is 19.8. The Morgan fingerprint density at radius 1 is 1.27 bits per heavy atom. The smallest absolute Gasteiger partial charge is 0.416 e. The van der Waals surface area contributed by atoms with Crippen LogP contribution in [-0.2, 0) is 17.3 Å². The molecule has 0 saturated heterocycles. The van der Waals surface area contributed by atoms with Crippen molar-refractivity contribution in [3.05, 3.63) is 53.4 Å². The average molecular weight is 370 g/mol. The molecule has 0 aliphatic heterocycles. The molecule has 0 radical (unpaired) electrons. The van der Waals surface area contributed by atoms with Crippen molar-refractivity contribution in [2.75, 3.05) is 0 Å². The molecule has 5 nitrogen and oxygen atoms in total. The first-order valence-electron chi connectivity index (χ1n) is 8.10. The molecule has 0 aliphatic carbocycles. The fourth-order valence-corrected chi connectivity index (χ4v) is 2.36. The summed E-state index contributed by atoms with van der Waals surface area (Å²) < 4.78 is 48.9. The van der Waals surface area contributed by atoms with Gasteiger partial charge in [-0.1, -0.05) is 17.3 Å². The lowest BCUT2D eigenvalue weighted by Crippen LogP contribution is -2.35. The first-order valence-corrected chi connectivity index (χ1v) is 8.10. The van der Waals surface area contributed by atoms with Crippen LogP contribution in [0.3, 0.4) is 0 Å². The predicted octanol–water partition coefficient (Wildman–Crippen LogP) is 4.89. The van der Waals surface area contributed by atoms with Gasteiger partial charge in [0, 0.05) is 6.07 Å². The van der Waals surface area contributed by atoms with Gasteiger partial charge in [-0.15, -0.1) is 0 Å². The number of benzene rings is 1. The van der Waals surface area contributed by atoms with Crippen LogP contribution in [0.1, 0.15) is 50.1 Å². The molecule has 8 heteroatoms. The molecule has 1 unspecified atom stereocenters. The van der Waals surface area contributed by atoms with Crippen molar-refractivity contribution in [2.24, 2.45) is 0 Å². The molecule has 2 aromatic rings. The normalized spacial score (nSPS) is 13.3. The minimum Gasteiger partial charge on any atom is -0.444 e. The number of alkyl carbamates (subject to hydrolysis) is 1. The number of alkyl halides is 3. The molecular weight excluding hydrogens is 349 g/mol. The van der Waals surface area contributed by atoms with Gasteiger partial charge in [-0.3, -0.25) is 0 Å². The summed E-state index contributed by atoms with van der Waals surface area (Å²) in [4.78, 5) is 12.1. The van der Waals surface area contributed by atoms with Gasteiger partial charge in [0.15, 0.2) is 0 Å². The second-order valence-corrected chi connectivity index (χ2v) is 6.85. The van der Waals surface area contributed by atoms with Gasteiger partial charge in [-0.25, -0.2) is 4.79 Å². The van der Waals surface area contributed by atoms with E-state index in [0.717, 1.165) is 12.1 Å². The number of carbonyl (C=O) groups is 1. The summed E-state index contributed by atoms with van der Waals surface area (Å²) in [5.74, 6) is 0. The highest BCUT2D eigenvalue weighted by Crippen LogP contribution is 2.31. The Bertz CT molecular complexity index is 722. The van der Waals surface area contributed by atoms with Gasteiger partial charge in [0.05, 0.1) is 17.3 Å². The molecule has 26 heavy (non-hydrogen) atoms. The summed E-state index contributed by atoms with van der Waals surface area (Å²) >= 11 is 0. The number of hydrogen-bond donors (Lipinski definition) is 1. The number of carbonyl (C=O) groups excluding carboxylic acids is 1. The van der Waals surface area contributed by atoms with E-state index in [1.165, 1.54) is 12.3 Å². The lowest BCUT2D eigenvalue weighted by molar-refractivity contribution is -0.137. The number of aryl methyl sites for hydroxylation is 1. The van der Waals surface area contributed by atoms with Crippen molar-refractivity contribution >= 4 is 6.09 Å². The summed E-state index contributed by atoms with van der Waals surface area (Å²) in [6.45, 7) is 5.13. The van der Waals surface area contributed by atoms with E-state index in [0.29, 0.717) is 24.1 Å². The van der Waals surface area contributed by atoms with Crippen molar-refractivity contribution in [2.45, 2.75) is 51.4 Å². The van der Waals surface area contributed by atoms with Crippen LogP contribution in [0.2, 0.25) is 0 Å². The first-order chi connectivity index (χ1) is 12.0. The highest BCUT2D eigenvalue weighted by Gasteiger charge is 2.31. The van der Waals surface area contributed by atoms with Gasteiger partial charge in [-0.05, 0) is 51.3 Å². The third kappa shape index (κ3) is 6.09. The van der Waals surface area contributed by atoms with Crippen molar-refractivity contribution < 1.29 is 27.2 Å². The number of aromatic nitrogens is 1. The number of nitrogens with zero attached hydrogens (tertiary/aromatic N) is 1. The van der Waals surface area contributed by atoms with E-state index in [-0.39, 0.29) is 0 Å². The summed E-state index contributed by atoms with van der Waals surface area (Å²) in [5, 5.41) is 6.42. The van der Waals surface area contributed by atoms with Gasteiger partial charge in [0.25, 0.3) is 0 Å². The largest absolute Gasteiger partial charge is 0.444 e. The average Bonchev–Trinajstić information content (AvgIpc) is 3.02. The zero-order chi connectivity index (χ0) is 19.4. The number of rotatable bonds is 5. The molecule has 1 heterocycles. The Morgan fingerprint density at radius 3 is 2.58 bits per heavy atom. The third-order valence-corrected chi connectivity index (χ3v) is 3.49. The van der Waals surface area contributed by atoms with E-state index in [9.17, 15) is 18.0 Å². The molecule has 1 N–H and O–H groups in total. The minimum absolute atomic E-state index is 0.340. The van der Waals surface area contributed by atoms with Crippen molar-refractivity contribution in [1.29, 1.82) is 0 Å². The fraction of sp³-hybridized carbons (Fsp3) is 0.444. The van der Waals surface area contributed by atoms with Crippen LogP contribution in [0.15, 0.2) is 41.1 Å². The Kier molecular flexibility index (Phi) is 5.94. The molecule has 1 aromatic carbocycles. The molecule has 0 spiro atoms. The summed E-state index contributed by atoms with van der Waals surface area (Å²) in [7, 11) is 0. The Balaban J connectivity index is 2.20. The van der Waals surface area contributed by atoms with Gasteiger partial charge >= 0.3 is 12.3 Å². The van der Waals surface area contributed by atoms with E-state index in [2.05, 4.69) is 10.5 Å². The summed E-state index contributed by atoms with van der Waals surface area (Å²) in [6, 6.07) is 5.88. The molecule has 0 saturated carbocycles. The van der Waals surface area contributed by atoms with Crippen LogP contribution in [-0.4, -0.2) is 16.9 Å². The van der Waals surface area contributed by atoms with Crippen molar-refractivity contribution in [3.63, 3.8) is 0 Å². The molecule has 1 atom stereocenters. The van der Waals surface area contributed by atoms with Crippen molar-refractivity contribution in [1.82, 2.24) is 10.5 Å². The predicted molar refractivity (Wildman–Crippen MR) is 88.4 cm³/mol. The lowest BCUT2D eigenvalue weighted by Gasteiger charge is -2.24. The number of amides is 1. The van der Waals surface area contributed by atoms with Gasteiger partial charge in [0.1, 0.15) is 11.9 Å². The van der Waals surface area contributed by atoms with Crippen LogP contribution in [0.5, 0.6) is 0 Å². The van der Waals surface area contributed by atoms with E-state index in [1.807, 2.05) is 0 Å². The SMILES string of the molecule is CC(C)(C)OC(=O)NC(CCc1ccon1)c1cccc(C(F)(F)F)c1. The Hall–Kier alpha value is -2.51. The summed E-state index contributed by atoms with van der Waals surface area (Å²) in [5.41, 5.74) is -0.497. The molecule has 1 aromatic heterocycles. The molecule has 0 fully saturated rings. The maximum absolute atomic E-state index is 13.0. The maximum Gasteiger partial charge on any atom is 0.416 e. The second-order valence-electron chi connectivity index (χ2n) is 6.85. The molecule has 0 bridgehead atoms. The monoisotopic (exact) mass is 370 g/mol. The van der Waals surface area contributed by atoms with E-state index in [1.54, 1.807) is 32.9 Å². The molecule has 142 valence electrons. The maximum atomic E-state index is 13.0. The molecule has 0 aliphatic rings. The third-order valence-electron chi connectivity index (χ3n) is 3.49. The zero-order valence-corrected chi connectivity index (χ0v) is 14.8. The van der Waals surface area contributed by atoms with E-state index in [4.69, 9.17) is 9.26 Å². The van der Waals surface area contributed by atoms with Gasteiger partial charge < -0.3 is 14.6 Å². The zero-order valence-electron chi connectivity index (χ0n) is 14.8. The summed E-state index contributed by atoms with van der Waals surface area (Å²) in [6.07, 6.45) is -2.98. The minimum atomic E-state index is -4.46. The standard InChI is InChI=1S/C18H21F3N2O3/c1-17(2,3)26-16(24)22-15(8-7-14-9-10-25-23-14)12-5-4-6-13(11-12)18(19,20)21/h4-6,9-11,15H,7-8H2,1-3H3,(H,22,24). The Morgan fingerprint density at radius 2 is 2.00 bits per heavy atom. The van der Waals surface area contributed by atoms with Gasteiger partial charge in [-0.2, -0.15) is 13.2 Å². The number of nitrogens with one attached hydrogen (secondary N) is 1. The molecular formula is C18H21F3N2O3. The quantitative estimate of drug-likeness (QED) is 0.814. The van der Waals surface area contributed by atoms with E-state index < -0.39 is 29.5 Å². The molecule has 1 amide bonds. The van der Waals surface area contributed by atoms with E-state index >= 15 is 0 Å². The second kappa shape index (κ2) is 7.80. The van der Waals surface area contributed by atoms with Crippen LogP contribution < -0.4 is 5.32 Å². The van der Waals surface area contributed by atoms with Crippen LogP contribution in [0, 0.1) is 0 Å². The highest BCUT2D eigenvalue weighted by atomic mass is 19.4. The van der Waals surface area contributed by atoms with Crippen LogP contribution in [0.4, 0.5) is 18.0 Å². The van der Waals surface area contributed by atoms with Crippen LogP contribution in [0.25, 0.3) is 0 Å². The fourth-order valence-electron chi connectivity index (χ4n) is 2.36. The van der Waals surface area contributed by atoms with Gasteiger partial charge in [0.2, 0.25) is 0 Å². The highest BCUT2D eigenvalue weighted by molar-refractivity contribution is 5.68. The lowest BCUT2D eigenvalue weighted by atomic mass is 9.99. The Labute approximate surface area is 149 Å². The number of ether oxygens (including phenoxy) is 1. The molecule has 2 rings (SSSR count). The van der Waals surface area contributed by atoms with Crippen molar-refractivity contribution in [3.8, 4) is 0 Å². The topological polar surface area (TPSA) is 64.4 Å².